The molecule has 0 aliphatic rings. The number of carbonyl (C=O) groups is 1. The van der Waals surface area contributed by atoms with Crippen LogP contribution in [-0.2, 0) is 0 Å². The topological polar surface area (TPSA) is 70.1 Å². The highest BCUT2D eigenvalue weighted by atomic mass is 16.5. The number of aromatic nitrogens is 1. The van der Waals surface area contributed by atoms with Crippen molar-refractivity contribution in [2.24, 2.45) is 0 Å². The lowest BCUT2D eigenvalue weighted by atomic mass is 10.1. The number of hydrogen-bond acceptors (Lipinski definition) is 4. The highest BCUT2D eigenvalue weighted by Crippen LogP contribution is 2.20. The first-order valence-corrected chi connectivity index (χ1v) is 5.34. The van der Waals surface area contributed by atoms with Crippen LogP contribution in [0.2, 0.25) is 0 Å². The lowest BCUT2D eigenvalue weighted by Gasteiger charge is -2.16. The first-order chi connectivity index (χ1) is 8.63. The minimum absolute atomic E-state index is 0.155. The van der Waals surface area contributed by atoms with Gasteiger partial charge < -0.3 is 9.42 Å². The molecule has 0 unspecified atom stereocenters. The standard InChI is InChI=1S/C13H11N3O2/c1-9-7-12(18-15-9)13(17)16(2)11-6-4-3-5-10(11)8-14/h3-7H,1-2H3. The van der Waals surface area contributed by atoms with Crippen molar-refractivity contribution < 1.29 is 9.32 Å². The summed E-state index contributed by atoms with van der Waals surface area (Å²) in [4.78, 5) is 13.5. The van der Waals surface area contributed by atoms with Gasteiger partial charge in [-0.15, -0.1) is 0 Å². The molecule has 2 aromatic rings. The lowest BCUT2D eigenvalue weighted by Crippen LogP contribution is -2.26. The molecule has 1 amide bonds. The summed E-state index contributed by atoms with van der Waals surface area (Å²) in [5, 5.41) is 12.7. The molecule has 1 aromatic heterocycles. The van der Waals surface area contributed by atoms with Crippen LogP contribution in [0.25, 0.3) is 0 Å². The minimum atomic E-state index is -0.335. The third kappa shape index (κ3) is 2.09. The van der Waals surface area contributed by atoms with Crippen LogP contribution in [0.5, 0.6) is 0 Å². The predicted molar refractivity (Wildman–Crippen MR) is 65.1 cm³/mol. The monoisotopic (exact) mass is 241 g/mol. The third-order valence-corrected chi connectivity index (χ3v) is 2.53. The van der Waals surface area contributed by atoms with Gasteiger partial charge in [0.15, 0.2) is 0 Å². The van der Waals surface area contributed by atoms with Gasteiger partial charge in [-0.1, -0.05) is 17.3 Å². The first kappa shape index (κ1) is 11.9. The zero-order chi connectivity index (χ0) is 13.1. The quantitative estimate of drug-likeness (QED) is 0.807. The van der Waals surface area contributed by atoms with Crippen LogP contribution < -0.4 is 4.90 Å². The molecule has 0 bridgehead atoms. The second kappa shape index (κ2) is 4.72. The molecule has 0 saturated carbocycles. The van der Waals surface area contributed by atoms with Crippen molar-refractivity contribution in [2.45, 2.75) is 6.92 Å². The summed E-state index contributed by atoms with van der Waals surface area (Å²) in [5.41, 5.74) is 1.61. The van der Waals surface area contributed by atoms with Gasteiger partial charge >= 0.3 is 0 Å². The summed E-state index contributed by atoms with van der Waals surface area (Å²) in [6, 6.07) is 10.5. The summed E-state index contributed by atoms with van der Waals surface area (Å²) < 4.78 is 4.92. The van der Waals surface area contributed by atoms with Crippen molar-refractivity contribution in [3.63, 3.8) is 0 Å². The van der Waals surface area contributed by atoms with Crippen molar-refractivity contribution >= 4 is 11.6 Å². The molecule has 0 aliphatic carbocycles. The van der Waals surface area contributed by atoms with Crippen LogP contribution in [0.15, 0.2) is 34.9 Å². The van der Waals surface area contributed by atoms with E-state index in [0.717, 1.165) is 0 Å². The number of hydrogen-bond donors (Lipinski definition) is 0. The Morgan fingerprint density at radius 2 is 2.17 bits per heavy atom. The first-order valence-electron chi connectivity index (χ1n) is 5.34. The molecule has 5 nitrogen and oxygen atoms in total. The molecule has 1 heterocycles. The van der Waals surface area contributed by atoms with E-state index in [1.807, 2.05) is 6.07 Å². The highest BCUT2D eigenvalue weighted by Gasteiger charge is 2.19. The molecule has 0 fully saturated rings. The molecule has 0 N–H and O–H groups in total. The Morgan fingerprint density at radius 3 is 2.78 bits per heavy atom. The number of nitriles is 1. The van der Waals surface area contributed by atoms with Gasteiger partial charge in [0, 0.05) is 13.1 Å². The average Bonchev–Trinajstić information content (AvgIpc) is 2.83. The molecular weight excluding hydrogens is 230 g/mol. The number of carbonyl (C=O) groups excluding carboxylic acids is 1. The summed E-state index contributed by atoms with van der Waals surface area (Å²) in [6.45, 7) is 1.74. The van der Waals surface area contributed by atoms with Crippen molar-refractivity contribution in [3.8, 4) is 6.07 Å². The van der Waals surface area contributed by atoms with Crippen LogP contribution in [0, 0.1) is 18.3 Å². The zero-order valence-electron chi connectivity index (χ0n) is 10.0. The molecule has 0 atom stereocenters. The number of anilines is 1. The molecule has 0 saturated heterocycles. The predicted octanol–water partition coefficient (Wildman–Crippen LogP) is 2.13. The number of benzene rings is 1. The van der Waals surface area contributed by atoms with Gasteiger partial charge in [0.05, 0.1) is 16.9 Å². The summed E-state index contributed by atoms with van der Waals surface area (Å²) in [5.74, 6) is -0.180. The van der Waals surface area contributed by atoms with Crippen LogP contribution in [0.1, 0.15) is 21.8 Å². The van der Waals surface area contributed by atoms with Crippen LogP contribution in [-0.4, -0.2) is 18.1 Å². The van der Waals surface area contributed by atoms with Gasteiger partial charge in [-0.25, -0.2) is 0 Å². The number of nitrogens with zero attached hydrogens (tertiary/aromatic N) is 3. The maximum atomic E-state index is 12.1. The molecule has 0 aliphatic heterocycles. The van der Waals surface area contributed by atoms with Crippen molar-refractivity contribution in [3.05, 3.63) is 47.3 Å². The van der Waals surface area contributed by atoms with Gasteiger partial charge in [-0.05, 0) is 19.1 Å². The SMILES string of the molecule is Cc1cc(C(=O)N(C)c2ccccc2C#N)on1. The largest absolute Gasteiger partial charge is 0.351 e. The summed E-state index contributed by atoms with van der Waals surface area (Å²) in [6.07, 6.45) is 0. The van der Waals surface area contributed by atoms with E-state index in [0.29, 0.717) is 16.9 Å². The number of para-hydroxylation sites is 1. The van der Waals surface area contributed by atoms with E-state index < -0.39 is 0 Å². The number of aryl methyl sites for hydroxylation is 1. The van der Waals surface area contributed by atoms with Gasteiger partial charge in [0.25, 0.3) is 5.91 Å². The van der Waals surface area contributed by atoms with E-state index >= 15 is 0 Å². The molecule has 18 heavy (non-hydrogen) atoms. The van der Waals surface area contributed by atoms with Gasteiger partial charge in [0.2, 0.25) is 5.76 Å². The van der Waals surface area contributed by atoms with Gasteiger partial charge in [0.1, 0.15) is 6.07 Å². The summed E-state index contributed by atoms with van der Waals surface area (Å²) in [7, 11) is 1.59. The number of rotatable bonds is 2. The Balaban J connectivity index is 2.34. The molecule has 5 heteroatoms. The van der Waals surface area contributed by atoms with Crippen molar-refractivity contribution in [1.82, 2.24) is 5.16 Å². The Bertz CT molecular complexity index is 625. The fraction of sp³-hybridized carbons (Fsp3) is 0.154. The molecule has 0 radical (unpaired) electrons. The normalized spacial score (nSPS) is 9.83. The molecular formula is C13H11N3O2. The Kier molecular flexibility index (Phi) is 3.11. The van der Waals surface area contributed by atoms with Gasteiger partial charge in [-0.2, -0.15) is 5.26 Å². The van der Waals surface area contributed by atoms with E-state index in [9.17, 15) is 4.79 Å². The van der Waals surface area contributed by atoms with Crippen molar-refractivity contribution in [1.29, 1.82) is 5.26 Å². The second-order valence-corrected chi connectivity index (χ2v) is 3.83. The minimum Gasteiger partial charge on any atom is -0.351 e. The fourth-order valence-corrected chi connectivity index (χ4v) is 1.60. The maximum Gasteiger partial charge on any atom is 0.296 e. The van der Waals surface area contributed by atoms with Crippen LogP contribution in [0.3, 0.4) is 0 Å². The lowest BCUT2D eigenvalue weighted by molar-refractivity contribution is 0.0957. The third-order valence-electron chi connectivity index (χ3n) is 2.53. The van der Waals surface area contributed by atoms with Gasteiger partial charge in [-0.3, -0.25) is 4.79 Å². The maximum absolute atomic E-state index is 12.1. The average molecular weight is 241 g/mol. The Morgan fingerprint density at radius 1 is 1.44 bits per heavy atom. The van der Waals surface area contributed by atoms with Crippen LogP contribution >= 0.6 is 0 Å². The molecule has 90 valence electrons. The van der Waals surface area contributed by atoms with E-state index in [-0.39, 0.29) is 11.7 Å². The highest BCUT2D eigenvalue weighted by molar-refractivity contribution is 6.04. The van der Waals surface area contributed by atoms with Crippen molar-refractivity contribution in [2.75, 3.05) is 11.9 Å². The Labute approximate surface area is 104 Å². The van der Waals surface area contributed by atoms with Crippen LogP contribution in [0.4, 0.5) is 5.69 Å². The van der Waals surface area contributed by atoms with E-state index in [1.165, 1.54) is 4.90 Å². The van der Waals surface area contributed by atoms with E-state index in [2.05, 4.69) is 5.16 Å². The van der Waals surface area contributed by atoms with E-state index in [4.69, 9.17) is 9.78 Å². The van der Waals surface area contributed by atoms with E-state index in [1.54, 1.807) is 44.3 Å². The smallest absolute Gasteiger partial charge is 0.296 e. The second-order valence-electron chi connectivity index (χ2n) is 3.83. The molecule has 1 aromatic carbocycles. The number of amides is 1. The summed E-state index contributed by atoms with van der Waals surface area (Å²) >= 11 is 0. The molecule has 2 rings (SSSR count). The fourth-order valence-electron chi connectivity index (χ4n) is 1.60. The Hall–Kier alpha value is -2.61. The molecule has 0 spiro atoms. The zero-order valence-corrected chi connectivity index (χ0v) is 10.0.